The first kappa shape index (κ1) is 20.8. The van der Waals surface area contributed by atoms with Crippen molar-refractivity contribution in [2.75, 3.05) is 12.3 Å². The SMILES string of the molecule is CCCCNC(=O)NC(=O)CSc1nc(C)cc(C(F)(F)F)c1C#N. The number of nitrogens with zero attached hydrogens (tertiary/aromatic N) is 2. The number of nitriles is 1. The number of aromatic nitrogens is 1. The van der Waals surface area contributed by atoms with Crippen LogP contribution in [-0.2, 0) is 11.0 Å². The third kappa shape index (κ3) is 6.62. The summed E-state index contributed by atoms with van der Waals surface area (Å²) < 4.78 is 39.0. The van der Waals surface area contributed by atoms with Gasteiger partial charge in [0.25, 0.3) is 0 Å². The van der Waals surface area contributed by atoms with Crippen molar-refractivity contribution in [2.45, 2.75) is 37.9 Å². The van der Waals surface area contributed by atoms with Crippen molar-refractivity contribution in [3.05, 3.63) is 22.9 Å². The molecule has 0 saturated heterocycles. The summed E-state index contributed by atoms with van der Waals surface area (Å²) in [6, 6.07) is 1.59. The van der Waals surface area contributed by atoms with Crippen LogP contribution in [0.15, 0.2) is 11.1 Å². The average Bonchev–Trinajstić information content (AvgIpc) is 2.51. The van der Waals surface area contributed by atoms with Crippen LogP contribution in [0.1, 0.15) is 36.6 Å². The summed E-state index contributed by atoms with van der Waals surface area (Å²) in [5.74, 6) is -1.04. The van der Waals surface area contributed by atoms with Gasteiger partial charge in [-0.2, -0.15) is 18.4 Å². The van der Waals surface area contributed by atoms with Gasteiger partial charge in [0.1, 0.15) is 11.1 Å². The maximum absolute atomic E-state index is 13.0. The van der Waals surface area contributed by atoms with Crippen LogP contribution >= 0.6 is 11.8 Å². The van der Waals surface area contributed by atoms with E-state index in [1.54, 1.807) is 0 Å². The Kier molecular flexibility index (Phi) is 7.70. The molecule has 25 heavy (non-hydrogen) atoms. The van der Waals surface area contributed by atoms with E-state index in [0.717, 1.165) is 18.9 Å². The van der Waals surface area contributed by atoms with Gasteiger partial charge in [0.2, 0.25) is 5.91 Å². The third-order valence-corrected chi connectivity index (χ3v) is 3.92. The number of nitrogens with one attached hydrogen (secondary N) is 2. The number of imide groups is 1. The summed E-state index contributed by atoms with van der Waals surface area (Å²) >= 11 is 0.669. The van der Waals surface area contributed by atoms with Gasteiger partial charge >= 0.3 is 12.2 Å². The number of alkyl halides is 3. The van der Waals surface area contributed by atoms with Gasteiger partial charge < -0.3 is 5.32 Å². The van der Waals surface area contributed by atoms with E-state index in [1.807, 2.05) is 6.92 Å². The first-order chi connectivity index (χ1) is 11.7. The monoisotopic (exact) mass is 374 g/mol. The fraction of sp³-hybridized carbons (Fsp3) is 0.467. The lowest BCUT2D eigenvalue weighted by molar-refractivity contribution is -0.138. The molecule has 136 valence electrons. The minimum absolute atomic E-state index is 0.0755. The van der Waals surface area contributed by atoms with Crippen LogP contribution in [0.4, 0.5) is 18.0 Å². The van der Waals surface area contributed by atoms with E-state index in [2.05, 4.69) is 15.6 Å². The van der Waals surface area contributed by atoms with Crippen LogP contribution in [-0.4, -0.2) is 29.2 Å². The van der Waals surface area contributed by atoms with E-state index in [9.17, 15) is 22.8 Å². The molecule has 0 fully saturated rings. The van der Waals surface area contributed by atoms with Crippen molar-refractivity contribution in [3.8, 4) is 6.07 Å². The molecule has 6 nitrogen and oxygen atoms in total. The number of carbonyl (C=O) groups excluding carboxylic acids is 2. The lowest BCUT2D eigenvalue weighted by Gasteiger charge is -2.12. The second kappa shape index (κ2) is 9.27. The summed E-state index contributed by atoms with van der Waals surface area (Å²) in [5, 5.41) is 13.4. The van der Waals surface area contributed by atoms with E-state index in [-0.39, 0.29) is 16.5 Å². The van der Waals surface area contributed by atoms with Crippen LogP contribution < -0.4 is 10.6 Å². The van der Waals surface area contributed by atoms with Crippen LogP contribution in [0.25, 0.3) is 0 Å². The Morgan fingerprint density at radius 2 is 2.08 bits per heavy atom. The Labute approximate surface area is 147 Å². The first-order valence-corrected chi connectivity index (χ1v) is 8.37. The Bertz CT molecular complexity index is 687. The second-order valence-electron chi connectivity index (χ2n) is 5.05. The Morgan fingerprint density at radius 3 is 2.64 bits per heavy atom. The van der Waals surface area contributed by atoms with Gasteiger partial charge in [-0.1, -0.05) is 25.1 Å². The second-order valence-corrected chi connectivity index (χ2v) is 6.01. The number of carbonyl (C=O) groups is 2. The predicted molar refractivity (Wildman–Crippen MR) is 85.9 cm³/mol. The van der Waals surface area contributed by atoms with Gasteiger partial charge in [-0.15, -0.1) is 0 Å². The summed E-state index contributed by atoms with van der Waals surface area (Å²) in [7, 11) is 0. The number of rotatable bonds is 6. The van der Waals surface area contributed by atoms with E-state index in [1.165, 1.54) is 13.0 Å². The van der Waals surface area contributed by atoms with Crippen molar-refractivity contribution in [3.63, 3.8) is 0 Å². The molecule has 3 amide bonds. The zero-order chi connectivity index (χ0) is 19.0. The zero-order valence-corrected chi connectivity index (χ0v) is 14.5. The van der Waals surface area contributed by atoms with Gasteiger partial charge in [-0.25, -0.2) is 9.78 Å². The van der Waals surface area contributed by atoms with E-state index in [0.29, 0.717) is 18.3 Å². The van der Waals surface area contributed by atoms with Crippen molar-refractivity contribution < 1.29 is 22.8 Å². The molecule has 0 aliphatic carbocycles. The van der Waals surface area contributed by atoms with Gasteiger partial charge in [0.15, 0.2) is 0 Å². The highest BCUT2D eigenvalue weighted by atomic mass is 32.2. The number of amides is 3. The number of thioether (sulfide) groups is 1. The molecule has 1 heterocycles. The highest BCUT2D eigenvalue weighted by Gasteiger charge is 2.35. The maximum atomic E-state index is 13.0. The smallest absolute Gasteiger partial charge is 0.338 e. The molecule has 0 unspecified atom stereocenters. The van der Waals surface area contributed by atoms with E-state index >= 15 is 0 Å². The number of pyridine rings is 1. The first-order valence-electron chi connectivity index (χ1n) is 7.38. The molecule has 10 heteroatoms. The summed E-state index contributed by atoms with van der Waals surface area (Å²) in [4.78, 5) is 27.0. The fourth-order valence-electron chi connectivity index (χ4n) is 1.80. The lowest BCUT2D eigenvalue weighted by Crippen LogP contribution is -2.40. The summed E-state index contributed by atoms with van der Waals surface area (Å²) in [6.45, 7) is 3.72. The largest absolute Gasteiger partial charge is 0.417 e. The van der Waals surface area contributed by atoms with Crippen molar-refractivity contribution in [1.82, 2.24) is 15.6 Å². The van der Waals surface area contributed by atoms with Crippen LogP contribution in [0.5, 0.6) is 0 Å². The molecule has 0 bridgehead atoms. The molecule has 1 aromatic heterocycles. The zero-order valence-electron chi connectivity index (χ0n) is 13.7. The number of aryl methyl sites for hydroxylation is 1. The maximum Gasteiger partial charge on any atom is 0.417 e. The van der Waals surface area contributed by atoms with Crippen molar-refractivity contribution in [1.29, 1.82) is 5.26 Å². The summed E-state index contributed by atoms with van der Waals surface area (Å²) in [6.07, 6.45) is -3.06. The molecule has 0 aliphatic heterocycles. The van der Waals surface area contributed by atoms with Gasteiger partial charge in [-0.05, 0) is 19.4 Å². The highest BCUT2D eigenvalue weighted by molar-refractivity contribution is 8.00. The minimum atomic E-state index is -4.70. The number of urea groups is 1. The molecule has 2 N–H and O–H groups in total. The van der Waals surface area contributed by atoms with Crippen molar-refractivity contribution in [2.24, 2.45) is 0 Å². The van der Waals surface area contributed by atoms with Crippen LogP contribution in [0.2, 0.25) is 0 Å². The van der Waals surface area contributed by atoms with E-state index < -0.39 is 29.2 Å². The fourth-order valence-corrected chi connectivity index (χ4v) is 2.65. The quantitative estimate of drug-likeness (QED) is 0.590. The topological polar surface area (TPSA) is 94.9 Å². The van der Waals surface area contributed by atoms with Gasteiger partial charge in [-0.3, -0.25) is 10.1 Å². The Morgan fingerprint density at radius 1 is 1.40 bits per heavy atom. The predicted octanol–water partition coefficient (Wildman–Crippen LogP) is 3.00. The van der Waals surface area contributed by atoms with Crippen LogP contribution in [0.3, 0.4) is 0 Å². The molecule has 0 radical (unpaired) electrons. The third-order valence-electron chi connectivity index (χ3n) is 2.94. The molecule has 0 atom stereocenters. The molecular weight excluding hydrogens is 357 g/mol. The molecule has 1 aromatic rings. The van der Waals surface area contributed by atoms with E-state index in [4.69, 9.17) is 5.26 Å². The molecule has 0 aliphatic rings. The molecule has 1 rings (SSSR count). The minimum Gasteiger partial charge on any atom is -0.338 e. The Hall–Kier alpha value is -2.28. The molecule has 0 saturated carbocycles. The lowest BCUT2D eigenvalue weighted by atomic mass is 10.1. The number of hydrogen-bond acceptors (Lipinski definition) is 5. The molecule has 0 spiro atoms. The number of unbranched alkanes of at least 4 members (excludes halogenated alkanes) is 1. The standard InChI is InChI=1S/C15H17F3N4O2S/c1-3-4-5-20-14(24)22-12(23)8-25-13-10(7-19)11(15(16,17)18)6-9(2)21-13/h6H,3-5,8H2,1-2H3,(H2,20,22,23,24). The highest BCUT2D eigenvalue weighted by Crippen LogP contribution is 2.35. The normalized spacial score (nSPS) is 10.9. The average molecular weight is 374 g/mol. The number of hydrogen-bond donors (Lipinski definition) is 2. The molecule has 0 aromatic carbocycles. The summed E-state index contributed by atoms with van der Waals surface area (Å²) in [5.41, 5.74) is -1.66. The Balaban J connectivity index is 2.77. The number of halogens is 3. The van der Waals surface area contributed by atoms with Crippen LogP contribution in [0, 0.1) is 18.3 Å². The molecular formula is C15H17F3N4O2S. The van der Waals surface area contributed by atoms with Crippen molar-refractivity contribution >= 4 is 23.7 Å². The van der Waals surface area contributed by atoms with Gasteiger partial charge in [0.05, 0.1) is 16.9 Å². The van der Waals surface area contributed by atoms with Gasteiger partial charge in [0, 0.05) is 12.2 Å².